The van der Waals surface area contributed by atoms with Crippen LogP contribution in [-0.2, 0) is 0 Å². The number of anilines is 1. The Balaban J connectivity index is 2.55. The van der Waals surface area contributed by atoms with Crippen LogP contribution in [0.15, 0.2) is 18.2 Å². The molecule has 1 aromatic rings. The number of hydrogen-bond donors (Lipinski definition) is 3. The maximum absolute atomic E-state index is 12.2. The van der Waals surface area contributed by atoms with Gasteiger partial charge in [-0.05, 0) is 26.0 Å². The van der Waals surface area contributed by atoms with Crippen molar-refractivity contribution in [1.29, 1.82) is 0 Å². The third-order valence-corrected chi connectivity index (χ3v) is 2.88. The number of aryl methyl sites for hydroxylation is 1. The number of nitrogens with one attached hydrogen (secondary N) is 3. The lowest BCUT2D eigenvalue weighted by atomic mass is 10.1. The van der Waals surface area contributed by atoms with Crippen LogP contribution in [0.25, 0.3) is 0 Å². The van der Waals surface area contributed by atoms with Crippen molar-refractivity contribution in [1.82, 2.24) is 15.5 Å². The van der Waals surface area contributed by atoms with Crippen molar-refractivity contribution in [3.05, 3.63) is 29.3 Å². The molecule has 21 heavy (non-hydrogen) atoms. The third-order valence-electron chi connectivity index (χ3n) is 2.88. The van der Waals surface area contributed by atoms with Crippen LogP contribution >= 0.6 is 0 Å². The van der Waals surface area contributed by atoms with Gasteiger partial charge in [-0.3, -0.25) is 4.79 Å². The Bertz CT molecular complexity index is 500. The fourth-order valence-electron chi connectivity index (χ4n) is 1.79. The second-order valence-corrected chi connectivity index (χ2v) is 4.96. The largest absolute Gasteiger partial charge is 0.385 e. The SMILES string of the molecule is CCNc1ccc(C)cc1C(=O)NCCNC(=O)N(C)C. The van der Waals surface area contributed by atoms with E-state index in [2.05, 4.69) is 16.0 Å². The van der Waals surface area contributed by atoms with E-state index in [1.807, 2.05) is 32.0 Å². The van der Waals surface area contributed by atoms with Gasteiger partial charge in [0, 0.05) is 39.4 Å². The molecule has 3 amide bonds. The number of carbonyl (C=O) groups excluding carboxylic acids is 2. The maximum Gasteiger partial charge on any atom is 0.316 e. The number of nitrogens with zero attached hydrogens (tertiary/aromatic N) is 1. The zero-order valence-corrected chi connectivity index (χ0v) is 13.1. The summed E-state index contributed by atoms with van der Waals surface area (Å²) in [6.45, 7) is 5.47. The van der Waals surface area contributed by atoms with Crippen molar-refractivity contribution >= 4 is 17.6 Å². The monoisotopic (exact) mass is 292 g/mol. The van der Waals surface area contributed by atoms with Gasteiger partial charge in [-0.1, -0.05) is 11.6 Å². The van der Waals surface area contributed by atoms with Crippen LogP contribution in [0.4, 0.5) is 10.5 Å². The molecule has 3 N–H and O–H groups in total. The Morgan fingerprint density at radius 1 is 1.14 bits per heavy atom. The zero-order chi connectivity index (χ0) is 15.8. The topological polar surface area (TPSA) is 73.5 Å². The molecule has 0 aliphatic carbocycles. The maximum atomic E-state index is 12.2. The molecule has 0 saturated heterocycles. The number of hydrogen-bond acceptors (Lipinski definition) is 3. The van der Waals surface area contributed by atoms with E-state index in [4.69, 9.17) is 0 Å². The predicted octanol–water partition coefficient (Wildman–Crippen LogP) is 1.43. The highest BCUT2D eigenvalue weighted by molar-refractivity contribution is 5.99. The fraction of sp³-hybridized carbons (Fsp3) is 0.467. The average Bonchev–Trinajstić information content (AvgIpc) is 2.45. The second kappa shape index (κ2) is 8.14. The molecule has 116 valence electrons. The summed E-state index contributed by atoms with van der Waals surface area (Å²) in [4.78, 5) is 25.0. The minimum absolute atomic E-state index is 0.145. The highest BCUT2D eigenvalue weighted by atomic mass is 16.2. The molecule has 0 bridgehead atoms. The summed E-state index contributed by atoms with van der Waals surface area (Å²) in [5, 5.41) is 8.67. The zero-order valence-electron chi connectivity index (χ0n) is 13.1. The van der Waals surface area contributed by atoms with Gasteiger partial charge in [-0.15, -0.1) is 0 Å². The van der Waals surface area contributed by atoms with E-state index in [9.17, 15) is 9.59 Å². The van der Waals surface area contributed by atoms with Crippen molar-refractivity contribution < 1.29 is 9.59 Å². The van der Waals surface area contributed by atoms with Gasteiger partial charge in [-0.2, -0.15) is 0 Å². The van der Waals surface area contributed by atoms with Crippen molar-refractivity contribution in [3.63, 3.8) is 0 Å². The molecule has 6 heteroatoms. The summed E-state index contributed by atoms with van der Waals surface area (Å²) in [6, 6.07) is 5.55. The summed E-state index contributed by atoms with van der Waals surface area (Å²) in [5.41, 5.74) is 2.47. The number of carbonyl (C=O) groups is 2. The van der Waals surface area contributed by atoms with Crippen LogP contribution in [0.1, 0.15) is 22.8 Å². The van der Waals surface area contributed by atoms with Crippen molar-refractivity contribution in [2.24, 2.45) is 0 Å². The first-order chi connectivity index (χ1) is 9.95. The summed E-state index contributed by atoms with van der Waals surface area (Å²) in [7, 11) is 3.34. The molecule has 0 radical (unpaired) electrons. The summed E-state index contributed by atoms with van der Waals surface area (Å²) in [6.07, 6.45) is 0. The first-order valence-electron chi connectivity index (χ1n) is 7.03. The molecular weight excluding hydrogens is 268 g/mol. The lowest BCUT2D eigenvalue weighted by molar-refractivity contribution is 0.0954. The molecule has 0 atom stereocenters. The minimum Gasteiger partial charge on any atom is -0.385 e. The molecule has 0 aliphatic rings. The van der Waals surface area contributed by atoms with E-state index >= 15 is 0 Å². The van der Waals surface area contributed by atoms with Gasteiger partial charge >= 0.3 is 6.03 Å². The van der Waals surface area contributed by atoms with E-state index in [0.717, 1.165) is 17.8 Å². The van der Waals surface area contributed by atoms with Crippen molar-refractivity contribution in [2.75, 3.05) is 39.0 Å². The molecule has 1 rings (SSSR count). The average molecular weight is 292 g/mol. The van der Waals surface area contributed by atoms with Gasteiger partial charge in [0.15, 0.2) is 0 Å². The van der Waals surface area contributed by atoms with Gasteiger partial charge in [0.2, 0.25) is 0 Å². The van der Waals surface area contributed by atoms with Gasteiger partial charge in [0.05, 0.1) is 5.56 Å². The smallest absolute Gasteiger partial charge is 0.316 e. The predicted molar refractivity (Wildman–Crippen MR) is 84.8 cm³/mol. The molecule has 0 unspecified atom stereocenters. The highest BCUT2D eigenvalue weighted by Gasteiger charge is 2.11. The fourth-order valence-corrected chi connectivity index (χ4v) is 1.79. The van der Waals surface area contributed by atoms with Crippen molar-refractivity contribution in [3.8, 4) is 0 Å². The molecule has 0 saturated carbocycles. The Kier molecular flexibility index (Phi) is 6.52. The Hall–Kier alpha value is -2.24. The van der Waals surface area contributed by atoms with E-state index in [1.165, 1.54) is 4.90 Å². The highest BCUT2D eigenvalue weighted by Crippen LogP contribution is 2.17. The summed E-state index contributed by atoms with van der Waals surface area (Å²) in [5.74, 6) is -0.145. The van der Waals surface area contributed by atoms with E-state index in [1.54, 1.807) is 14.1 Å². The summed E-state index contributed by atoms with van der Waals surface area (Å²) < 4.78 is 0. The Labute approximate surface area is 125 Å². The van der Waals surface area contributed by atoms with Gasteiger partial charge in [0.1, 0.15) is 0 Å². The normalized spacial score (nSPS) is 9.90. The van der Waals surface area contributed by atoms with Crippen LogP contribution in [0, 0.1) is 6.92 Å². The number of rotatable bonds is 6. The number of benzene rings is 1. The number of amides is 3. The third kappa shape index (κ3) is 5.33. The van der Waals surface area contributed by atoms with Crippen LogP contribution in [0.5, 0.6) is 0 Å². The van der Waals surface area contributed by atoms with Crippen LogP contribution in [0.2, 0.25) is 0 Å². The summed E-state index contributed by atoms with van der Waals surface area (Å²) >= 11 is 0. The lowest BCUT2D eigenvalue weighted by Gasteiger charge is -2.14. The molecule has 1 aromatic carbocycles. The molecular formula is C15H24N4O2. The minimum atomic E-state index is -0.173. The molecule has 6 nitrogen and oxygen atoms in total. The molecule has 0 aromatic heterocycles. The quantitative estimate of drug-likeness (QED) is 0.694. The van der Waals surface area contributed by atoms with Gasteiger partial charge in [0.25, 0.3) is 5.91 Å². The standard InChI is InChI=1S/C15H24N4O2/c1-5-16-13-7-6-11(2)10-12(13)14(20)17-8-9-18-15(21)19(3)4/h6-7,10,16H,5,8-9H2,1-4H3,(H,17,20)(H,18,21). The van der Waals surface area contributed by atoms with Gasteiger partial charge in [-0.25, -0.2) is 4.79 Å². The molecule has 0 heterocycles. The first kappa shape index (κ1) is 16.8. The lowest BCUT2D eigenvalue weighted by Crippen LogP contribution is -2.39. The van der Waals surface area contributed by atoms with Crippen molar-refractivity contribution in [2.45, 2.75) is 13.8 Å². The Morgan fingerprint density at radius 2 is 1.81 bits per heavy atom. The first-order valence-corrected chi connectivity index (χ1v) is 7.03. The second-order valence-electron chi connectivity index (χ2n) is 4.96. The van der Waals surface area contributed by atoms with E-state index in [-0.39, 0.29) is 11.9 Å². The molecule has 0 spiro atoms. The van der Waals surface area contributed by atoms with E-state index in [0.29, 0.717) is 18.7 Å². The Morgan fingerprint density at radius 3 is 2.43 bits per heavy atom. The molecule has 0 fully saturated rings. The number of urea groups is 1. The van der Waals surface area contributed by atoms with Gasteiger partial charge < -0.3 is 20.9 Å². The van der Waals surface area contributed by atoms with Crippen LogP contribution < -0.4 is 16.0 Å². The van der Waals surface area contributed by atoms with Crippen LogP contribution in [0.3, 0.4) is 0 Å². The van der Waals surface area contributed by atoms with Crippen LogP contribution in [-0.4, -0.2) is 50.6 Å². The molecule has 0 aliphatic heterocycles. The van der Waals surface area contributed by atoms with E-state index < -0.39 is 0 Å².